The molecule has 2 aromatic rings. The number of nitrogens with zero attached hydrogens (tertiary/aromatic N) is 2. The molecule has 0 bridgehead atoms. The first-order chi connectivity index (χ1) is 16.5. The molecule has 1 aliphatic heterocycles. The van der Waals surface area contributed by atoms with Gasteiger partial charge in [-0.15, -0.1) is 0 Å². The molecule has 0 N–H and O–H groups in total. The molecule has 3 rings (SSSR count). The highest BCUT2D eigenvalue weighted by Crippen LogP contribution is 2.26. The molecule has 1 heterocycles. The standard InChI is InChI=1S/C26H36N2O5S/c1-3-33-24-11-13-25(14-12-24)34(30,31)28-18-15-23(16-19-28)26(29)27(20-21-32-2)17-7-10-22-8-5-4-6-9-22/h4-6,8-9,11-14,23H,3,7,10,15-21H2,1-2H3. The Morgan fingerprint density at radius 1 is 1.03 bits per heavy atom. The molecule has 7 nitrogen and oxygen atoms in total. The quantitative estimate of drug-likeness (QED) is 0.456. The van der Waals surface area contributed by atoms with Gasteiger partial charge in [0, 0.05) is 39.2 Å². The minimum atomic E-state index is -3.59. The summed E-state index contributed by atoms with van der Waals surface area (Å²) in [5, 5.41) is 0. The number of carbonyl (C=O) groups is 1. The topological polar surface area (TPSA) is 76.2 Å². The van der Waals surface area contributed by atoms with E-state index < -0.39 is 10.0 Å². The molecular weight excluding hydrogens is 452 g/mol. The third-order valence-electron chi connectivity index (χ3n) is 6.19. The van der Waals surface area contributed by atoms with Crippen LogP contribution in [0.1, 0.15) is 31.7 Å². The number of hydrogen-bond donors (Lipinski definition) is 0. The van der Waals surface area contributed by atoms with Crippen LogP contribution in [0.3, 0.4) is 0 Å². The molecule has 1 amide bonds. The van der Waals surface area contributed by atoms with Crippen molar-refractivity contribution in [2.24, 2.45) is 5.92 Å². The molecular formula is C26H36N2O5S. The van der Waals surface area contributed by atoms with E-state index in [1.165, 1.54) is 9.87 Å². The summed E-state index contributed by atoms with van der Waals surface area (Å²) in [7, 11) is -1.95. The Hall–Kier alpha value is -2.42. The Balaban J connectivity index is 1.56. The maximum Gasteiger partial charge on any atom is 0.243 e. The van der Waals surface area contributed by atoms with Gasteiger partial charge in [-0.1, -0.05) is 30.3 Å². The lowest BCUT2D eigenvalue weighted by Gasteiger charge is -2.33. The van der Waals surface area contributed by atoms with E-state index >= 15 is 0 Å². The molecule has 0 spiro atoms. The Morgan fingerprint density at radius 3 is 2.32 bits per heavy atom. The highest BCUT2D eigenvalue weighted by molar-refractivity contribution is 7.89. The maximum atomic E-state index is 13.3. The van der Waals surface area contributed by atoms with Gasteiger partial charge in [-0.3, -0.25) is 4.79 Å². The highest BCUT2D eigenvalue weighted by Gasteiger charge is 2.33. The highest BCUT2D eigenvalue weighted by atomic mass is 32.2. The van der Waals surface area contributed by atoms with Gasteiger partial charge in [0.15, 0.2) is 0 Å². The van der Waals surface area contributed by atoms with E-state index in [2.05, 4.69) is 12.1 Å². The summed E-state index contributed by atoms with van der Waals surface area (Å²) >= 11 is 0. The van der Waals surface area contributed by atoms with Gasteiger partial charge in [-0.05, 0) is 62.4 Å². The number of hydrogen-bond acceptors (Lipinski definition) is 5. The summed E-state index contributed by atoms with van der Waals surface area (Å²) in [6.45, 7) is 4.80. The molecule has 2 aromatic carbocycles. The number of rotatable bonds is 12. The van der Waals surface area contributed by atoms with Crippen molar-refractivity contribution >= 4 is 15.9 Å². The SMILES string of the molecule is CCOc1ccc(S(=O)(=O)N2CCC(C(=O)N(CCCc3ccccc3)CCOC)CC2)cc1. The minimum absolute atomic E-state index is 0.100. The molecule has 1 fully saturated rings. The second-order valence-corrected chi connectivity index (χ2v) is 10.4. The van der Waals surface area contributed by atoms with Gasteiger partial charge in [-0.2, -0.15) is 4.31 Å². The smallest absolute Gasteiger partial charge is 0.243 e. The molecule has 0 saturated carbocycles. The lowest BCUT2D eigenvalue weighted by Crippen LogP contribution is -2.45. The number of carbonyl (C=O) groups excluding carboxylic acids is 1. The van der Waals surface area contributed by atoms with Crippen molar-refractivity contribution < 1.29 is 22.7 Å². The summed E-state index contributed by atoms with van der Waals surface area (Å²) < 4.78 is 38.2. The fourth-order valence-corrected chi connectivity index (χ4v) is 5.75. The minimum Gasteiger partial charge on any atom is -0.494 e. The Kier molecular flexibility index (Phi) is 9.92. The number of methoxy groups -OCH3 is 1. The monoisotopic (exact) mass is 488 g/mol. The number of sulfonamides is 1. The Morgan fingerprint density at radius 2 is 1.71 bits per heavy atom. The summed E-state index contributed by atoms with van der Waals surface area (Å²) in [6.07, 6.45) is 2.84. The predicted molar refractivity (Wildman–Crippen MR) is 132 cm³/mol. The van der Waals surface area contributed by atoms with Crippen molar-refractivity contribution in [3.8, 4) is 5.75 Å². The molecule has 186 valence electrons. The number of aryl methyl sites for hydroxylation is 1. The lowest BCUT2D eigenvalue weighted by molar-refractivity contribution is -0.137. The fourth-order valence-electron chi connectivity index (χ4n) is 4.28. The lowest BCUT2D eigenvalue weighted by atomic mass is 9.96. The van der Waals surface area contributed by atoms with Crippen LogP contribution in [0.15, 0.2) is 59.5 Å². The second-order valence-electron chi connectivity index (χ2n) is 8.49. The van der Waals surface area contributed by atoms with Crippen LogP contribution in [0.4, 0.5) is 0 Å². The third kappa shape index (κ3) is 7.04. The van der Waals surface area contributed by atoms with Crippen LogP contribution in [0.25, 0.3) is 0 Å². The molecule has 34 heavy (non-hydrogen) atoms. The third-order valence-corrected chi connectivity index (χ3v) is 8.10. The predicted octanol–water partition coefficient (Wildman–Crippen LogP) is 3.59. The summed E-state index contributed by atoms with van der Waals surface area (Å²) in [4.78, 5) is 15.4. The second kappa shape index (κ2) is 12.9. The van der Waals surface area contributed by atoms with Crippen LogP contribution in [-0.4, -0.2) is 70.0 Å². The van der Waals surface area contributed by atoms with Crippen LogP contribution < -0.4 is 4.74 Å². The van der Waals surface area contributed by atoms with Crippen molar-refractivity contribution in [2.45, 2.75) is 37.5 Å². The normalized spacial score (nSPS) is 15.2. The molecule has 8 heteroatoms. The Bertz CT molecular complexity index is 988. The van der Waals surface area contributed by atoms with E-state index in [0.29, 0.717) is 58.0 Å². The van der Waals surface area contributed by atoms with Crippen molar-refractivity contribution in [3.63, 3.8) is 0 Å². The molecule has 0 atom stereocenters. The zero-order chi connectivity index (χ0) is 24.4. The van der Waals surface area contributed by atoms with Crippen LogP contribution in [-0.2, 0) is 26.0 Å². The molecule has 1 saturated heterocycles. The number of ether oxygens (including phenoxy) is 2. The van der Waals surface area contributed by atoms with E-state index in [1.54, 1.807) is 31.4 Å². The van der Waals surface area contributed by atoms with Gasteiger partial charge in [0.05, 0.1) is 18.1 Å². The van der Waals surface area contributed by atoms with Crippen molar-refractivity contribution in [1.29, 1.82) is 0 Å². The van der Waals surface area contributed by atoms with E-state index in [9.17, 15) is 13.2 Å². The first kappa shape index (κ1) is 26.2. The van der Waals surface area contributed by atoms with E-state index in [0.717, 1.165) is 12.8 Å². The number of benzene rings is 2. The van der Waals surface area contributed by atoms with E-state index in [-0.39, 0.29) is 16.7 Å². The first-order valence-electron chi connectivity index (χ1n) is 12.0. The van der Waals surface area contributed by atoms with Gasteiger partial charge in [-0.25, -0.2) is 8.42 Å². The zero-order valence-electron chi connectivity index (χ0n) is 20.2. The van der Waals surface area contributed by atoms with E-state index in [4.69, 9.17) is 9.47 Å². The van der Waals surface area contributed by atoms with Crippen molar-refractivity contribution in [2.75, 3.05) is 46.5 Å². The van der Waals surface area contributed by atoms with Gasteiger partial charge in [0.2, 0.25) is 15.9 Å². The first-order valence-corrected chi connectivity index (χ1v) is 13.4. The van der Waals surface area contributed by atoms with Gasteiger partial charge in [0.1, 0.15) is 5.75 Å². The maximum absolute atomic E-state index is 13.3. The number of piperidine rings is 1. The fraction of sp³-hybridized carbons (Fsp3) is 0.500. The van der Waals surface area contributed by atoms with Gasteiger partial charge in [0.25, 0.3) is 0 Å². The number of amides is 1. The summed E-state index contributed by atoms with van der Waals surface area (Å²) in [5.74, 6) is 0.581. The zero-order valence-corrected chi connectivity index (χ0v) is 21.0. The van der Waals surface area contributed by atoms with Gasteiger partial charge >= 0.3 is 0 Å². The van der Waals surface area contributed by atoms with Crippen molar-refractivity contribution in [1.82, 2.24) is 9.21 Å². The summed E-state index contributed by atoms with van der Waals surface area (Å²) in [6, 6.07) is 16.8. The van der Waals surface area contributed by atoms with Crippen LogP contribution in [0.2, 0.25) is 0 Å². The molecule has 0 aliphatic carbocycles. The summed E-state index contributed by atoms with van der Waals surface area (Å²) in [5.41, 5.74) is 1.26. The molecule has 1 aliphatic rings. The van der Waals surface area contributed by atoms with Crippen LogP contribution in [0.5, 0.6) is 5.75 Å². The molecule has 0 unspecified atom stereocenters. The van der Waals surface area contributed by atoms with E-state index in [1.807, 2.05) is 30.0 Å². The van der Waals surface area contributed by atoms with Gasteiger partial charge < -0.3 is 14.4 Å². The molecule has 0 radical (unpaired) electrons. The largest absolute Gasteiger partial charge is 0.494 e. The van der Waals surface area contributed by atoms with Crippen LogP contribution >= 0.6 is 0 Å². The average Bonchev–Trinajstić information content (AvgIpc) is 2.87. The molecule has 0 aromatic heterocycles. The Labute approximate surface area is 203 Å². The average molecular weight is 489 g/mol. The van der Waals surface area contributed by atoms with Crippen LogP contribution in [0, 0.1) is 5.92 Å². The van der Waals surface area contributed by atoms with Crippen molar-refractivity contribution in [3.05, 3.63) is 60.2 Å².